The summed E-state index contributed by atoms with van der Waals surface area (Å²) >= 11 is 10.4. The van der Waals surface area contributed by atoms with Gasteiger partial charge in [0.1, 0.15) is 5.75 Å². The third kappa shape index (κ3) is 4.35. The summed E-state index contributed by atoms with van der Waals surface area (Å²) in [6.45, 7) is 2.83. The summed E-state index contributed by atoms with van der Waals surface area (Å²) < 4.78 is 8.66. The normalized spacial score (nSPS) is 12.6. The zero-order valence-electron chi connectivity index (χ0n) is 9.19. The average molecular weight is 416 g/mol. The van der Waals surface area contributed by atoms with Crippen molar-refractivity contribution in [2.24, 2.45) is 0 Å². The van der Waals surface area contributed by atoms with Crippen molar-refractivity contribution in [3.8, 4) is 5.75 Å². The Hall–Kier alpha value is 0.420. The fraction of sp³-hybridized carbons (Fsp3) is 0.455. The van der Waals surface area contributed by atoms with Gasteiger partial charge in [0.25, 0.3) is 0 Å². The first-order valence-corrected chi connectivity index (χ1v) is 7.37. The van der Waals surface area contributed by atoms with E-state index in [1.807, 2.05) is 19.2 Å². The van der Waals surface area contributed by atoms with Gasteiger partial charge in [-0.1, -0.05) is 15.9 Å². The van der Waals surface area contributed by atoms with E-state index in [1.165, 1.54) is 0 Å². The second-order valence-corrected chi connectivity index (χ2v) is 6.15. The molecule has 0 saturated heterocycles. The Bertz CT molecular complexity index is 334. The van der Waals surface area contributed by atoms with Gasteiger partial charge < -0.3 is 10.1 Å². The Balaban J connectivity index is 2.60. The highest BCUT2D eigenvalue weighted by Crippen LogP contribution is 2.36. The largest absolute Gasteiger partial charge is 0.491 e. The Morgan fingerprint density at radius 1 is 1.25 bits per heavy atom. The fourth-order valence-electron chi connectivity index (χ4n) is 1.15. The lowest BCUT2D eigenvalue weighted by Gasteiger charge is -2.13. The molecule has 16 heavy (non-hydrogen) atoms. The zero-order valence-corrected chi connectivity index (χ0v) is 13.9. The smallest absolute Gasteiger partial charge is 0.147 e. The van der Waals surface area contributed by atoms with Crippen LogP contribution in [0, 0.1) is 0 Å². The van der Waals surface area contributed by atoms with E-state index in [0.29, 0.717) is 12.6 Å². The van der Waals surface area contributed by atoms with Crippen molar-refractivity contribution in [1.29, 1.82) is 0 Å². The predicted molar refractivity (Wildman–Crippen MR) is 78.2 cm³/mol. The molecule has 1 atom stereocenters. The number of nitrogens with one attached hydrogen (secondary N) is 1. The van der Waals surface area contributed by atoms with Crippen molar-refractivity contribution >= 4 is 47.8 Å². The molecule has 2 nitrogen and oxygen atoms in total. The summed E-state index contributed by atoms with van der Waals surface area (Å²) in [4.78, 5) is 0. The van der Waals surface area contributed by atoms with Gasteiger partial charge in [-0.15, -0.1) is 0 Å². The maximum Gasteiger partial charge on any atom is 0.147 e. The molecule has 0 spiro atoms. The molecule has 0 saturated carbocycles. The second kappa shape index (κ2) is 6.99. The van der Waals surface area contributed by atoms with E-state index >= 15 is 0 Å². The van der Waals surface area contributed by atoms with Crippen LogP contribution < -0.4 is 10.1 Å². The van der Waals surface area contributed by atoms with Crippen LogP contribution in [0.3, 0.4) is 0 Å². The lowest BCUT2D eigenvalue weighted by atomic mass is 10.2. The number of rotatable bonds is 5. The first kappa shape index (κ1) is 14.5. The first-order valence-electron chi connectivity index (χ1n) is 4.99. The number of halogens is 3. The van der Waals surface area contributed by atoms with E-state index in [9.17, 15) is 0 Å². The van der Waals surface area contributed by atoms with Gasteiger partial charge in [0.2, 0.25) is 0 Å². The maximum atomic E-state index is 5.74. The lowest BCUT2D eigenvalue weighted by molar-refractivity contribution is 0.290. The van der Waals surface area contributed by atoms with E-state index in [0.717, 1.165) is 25.6 Å². The fourth-order valence-corrected chi connectivity index (χ4v) is 3.64. The zero-order chi connectivity index (χ0) is 12.1. The Morgan fingerprint density at radius 2 is 1.81 bits per heavy atom. The molecule has 1 unspecified atom stereocenters. The van der Waals surface area contributed by atoms with Crippen molar-refractivity contribution in [2.75, 3.05) is 13.7 Å². The summed E-state index contributed by atoms with van der Waals surface area (Å²) in [6, 6.07) is 4.41. The molecule has 0 aliphatic heterocycles. The quantitative estimate of drug-likeness (QED) is 0.771. The van der Waals surface area contributed by atoms with Crippen LogP contribution in [0.1, 0.15) is 13.3 Å². The molecule has 0 aliphatic rings. The van der Waals surface area contributed by atoms with Gasteiger partial charge >= 0.3 is 0 Å². The van der Waals surface area contributed by atoms with Gasteiger partial charge in [-0.2, -0.15) is 0 Å². The molecule has 1 N–H and O–H groups in total. The van der Waals surface area contributed by atoms with Crippen LogP contribution in [0.5, 0.6) is 5.75 Å². The monoisotopic (exact) mass is 413 g/mol. The van der Waals surface area contributed by atoms with Crippen molar-refractivity contribution in [2.45, 2.75) is 19.4 Å². The van der Waals surface area contributed by atoms with Crippen molar-refractivity contribution in [3.05, 3.63) is 25.6 Å². The van der Waals surface area contributed by atoms with E-state index < -0.39 is 0 Å². The Morgan fingerprint density at radius 3 is 2.31 bits per heavy atom. The van der Waals surface area contributed by atoms with Gasteiger partial charge in [0.05, 0.1) is 15.6 Å². The summed E-state index contributed by atoms with van der Waals surface area (Å²) in [5, 5.41) is 3.18. The topological polar surface area (TPSA) is 21.3 Å². The van der Waals surface area contributed by atoms with Crippen LogP contribution >= 0.6 is 47.8 Å². The number of hydrogen-bond acceptors (Lipinski definition) is 2. The molecule has 1 aromatic rings. The summed E-state index contributed by atoms with van der Waals surface area (Å²) in [7, 11) is 1.95. The van der Waals surface area contributed by atoms with Crippen molar-refractivity contribution in [3.63, 3.8) is 0 Å². The molecule has 0 radical (unpaired) electrons. The highest BCUT2D eigenvalue weighted by atomic mass is 79.9. The molecule has 1 rings (SSSR count). The molecule has 0 heterocycles. The maximum absolute atomic E-state index is 5.74. The van der Waals surface area contributed by atoms with Gasteiger partial charge in [0, 0.05) is 10.5 Å². The molecule has 0 bridgehead atoms. The van der Waals surface area contributed by atoms with Gasteiger partial charge in [-0.3, -0.25) is 0 Å². The lowest BCUT2D eigenvalue weighted by Crippen LogP contribution is -2.23. The molecule has 90 valence electrons. The minimum Gasteiger partial charge on any atom is -0.491 e. The Kier molecular flexibility index (Phi) is 6.32. The second-order valence-electron chi connectivity index (χ2n) is 3.53. The number of benzene rings is 1. The summed E-state index contributed by atoms with van der Waals surface area (Å²) in [5.41, 5.74) is 0. The van der Waals surface area contributed by atoms with Crippen LogP contribution in [0.2, 0.25) is 0 Å². The molecule has 1 aromatic carbocycles. The average Bonchev–Trinajstić information content (AvgIpc) is 2.21. The summed E-state index contributed by atoms with van der Waals surface area (Å²) in [6.07, 6.45) is 0.978. The molecule has 0 fully saturated rings. The standard InChI is InChI=1S/C11H14Br3NO/c1-7(15-2)3-4-16-11-9(13)5-8(12)6-10(11)14/h5-7,15H,3-4H2,1-2H3. The predicted octanol–water partition coefficient (Wildman–Crippen LogP) is 4.35. The van der Waals surface area contributed by atoms with Crippen LogP contribution in [-0.2, 0) is 0 Å². The number of ether oxygens (including phenoxy) is 1. The van der Waals surface area contributed by atoms with Gasteiger partial charge in [0.15, 0.2) is 0 Å². The molecule has 0 aromatic heterocycles. The van der Waals surface area contributed by atoms with E-state index in [2.05, 4.69) is 60.0 Å². The molecule has 5 heteroatoms. The molecule has 0 aliphatic carbocycles. The van der Waals surface area contributed by atoms with Crippen molar-refractivity contribution in [1.82, 2.24) is 5.32 Å². The molecule has 0 amide bonds. The Labute approximate surface area is 122 Å². The minimum atomic E-state index is 0.466. The van der Waals surface area contributed by atoms with E-state index in [4.69, 9.17) is 4.74 Å². The third-order valence-corrected chi connectivity index (χ3v) is 3.89. The van der Waals surface area contributed by atoms with Crippen molar-refractivity contribution < 1.29 is 4.74 Å². The molecular formula is C11H14Br3NO. The van der Waals surface area contributed by atoms with Crippen LogP contribution in [0.25, 0.3) is 0 Å². The van der Waals surface area contributed by atoms with Crippen LogP contribution in [0.15, 0.2) is 25.6 Å². The van der Waals surface area contributed by atoms with E-state index in [1.54, 1.807) is 0 Å². The number of hydrogen-bond donors (Lipinski definition) is 1. The van der Waals surface area contributed by atoms with Crippen LogP contribution in [-0.4, -0.2) is 19.7 Å². The first-order chi connectivity index (χ1) is 7.54. The SMILES string of the molecule is CNC(C)CCOc1c(Br)cc(Br)cc1Br. The third-order valence-electron chi connectivity index (χ3n) is 2.25. The summed E-state index contributed by atoms with van der Waals surface area (Å²) in [5.74, 6) is 0.853. The van der Waals surface area contributed by atoms with Gasteiger partial charge in [-0.25, -0.2) is 0 Å². The molecular weight excluding hydrogens is 402 g/mol. The highest BCUT2D eigenvalue weighted by molar-refractivity contribution is 9.11. The van der Waals surface area contributed by atoms with E-state index in [-0.39, 0.29) is 0 Å². The van der Waals surface area contributed by atoms with Crippen LogP contribution in [0.4, 0.5) is 0 Å². The highest BCUT2D eigenvalue weighted by Gasteiger charge is 2.08. The minimum absolute atomic E-state index is 0.466. The van der Waals surface area contributed by atoms with Gasteiger partial charge in [-0.05, 0) is 64.4 Å².